The quantitative estimate of drug-likeness (QED) is 0.571. The number of carbonyl (C=O) groups excluding carboxylic acids is 1. The molecule has 3 aromatic carbocycles. The smallest absolute Gasteiger partial charge is 0.244 e. The second-order valence-electron chi connectivity index (χ2n) is 5.67. The number of carbonyl (C=O) groups is 1. The minimum atomic E-state index is -0.199. The van der Waals surface area contributed by atoms with Crippen molar-refractivity contribution < 1.29 is 9.90 Å². The van der Waals surface area contributed by atoms with E-state index in [1.54, 1.807) is 12.1 Å². The Morgan fingerprint density at radius 3 is 2.79 bits per heavy atom. The van der Waals surface area contributed by atoms with Crippen LogP contribution in [0.1, 0.15) is 16.7 Å². The van der Waals surface area contributed by atoms with Crippen molar-refractivity contribution in [1.29, 1.82) is 0 Å². The second kappa shape index (κ2) is 6.96. The standard InChI is InChI=1S/C20H18N2O2/c1-14-9-10-19(23)17(11-14)13-21-22-20(24)12-16-7-4-6-15-5-2-3-8-18(15)16/h2-11,13,23H,12H2,1H3,(H,22,24)/b21-13+. The van der Waals surface area contributed by atoms with Crippen molar-refractivity contribution >= 4 is 22.9 Å². The molecule has 4 heteroatoms. The Morgan fingerprint density at radius 1 is 1.12 bits per heavy atom. The van der Waals surface area contributed by atoms with Gasteiger partial charge >= 0.3 is 0 Å². The molecule has 24 heavy (non-hydrogen) atoms. The van der Waals surface area contributed by atoms with E-state index in [0.717, 1.165) is 21.9 Å². The van der Waals surface area contributed by atoms with Crippen LogP contribution in [0.4, 0.5) is 0 Å². The number of phenols is 1. The van der Waals surface area contributed by atoms with E-state index in [9.17, 15) is 9.90 Å². The number of hydrazone groups is 1. The Morgan fingerprint density at radius 2 is 1.92 bits per heavy atom. The minimum absolute atomic E-state index is 0.132. The van der Waals surface area contributed by atoms with Crippen LogP contribution in [-0.2, 0) is 11.2 Å². The van der Waals surface area contributed by atoms with Crippen molar-refractivity contribution in [2.75, 3.05) is 0 Å². The van der Waals surface area contributed by atoms with Crippen molar-refractivity contribution in [2.45, 2.75) is 13.3 Å². The number of aromatic hydroxyl groups is 1. The van der Waals surface area contributed by atoms with Gasteiger partial charge in [0.25, 0.3) is 0 Å². The van der Waals surface area contributed by atoms with E-state index in [1.165, 1.54) is 6.21 Å². The number of hydrogen-bond acceptors (Lipinski definition) is 3. The van der Waals surface area contributed by atoms with Crippen LogP contribution in [0.25, 0.3) is 10.8 Å². The van der Waals surface area contributed by atoms with E-state index in [0.29, 0.717) is 5.56 Å². The maximum absolute atomic E-state index is 12.1. The highest BCUT2D eigenvalue weighted by Crippen LogP contribution is 2.19. The number of fused-ring (bicyclic) bond motifs is 1. The molecule has 0 aliphatic rings. The molecule has 0 spiro atoms. The Balaban J connectivity index is 1.69. The highest BCUT2D eigenvalue weighted by Gasteiger charge is 2.06. The molecule has 0 saturated carbocycles. The molecule has 1 amide bonds. The number of nitrogens with one attached hydrogen (secondary N) is 1. The van der Waals surface area contributed by atoms with Gasteiger partial charge in [-0.15, -0.1) is 0 Å². The zero-order valence-electron chi connectivity index (χ0n) is 13.4. The number of phenolic OH excluding ortho intramolecular Hbond substituents is 1. The first-order chi connectivity index (χ1) is 11.6. The van der Waals surface area contributed by atoms with Crippen molar-refractivity contribution in [1.82, 2.24) is 5.43 Å². The number of hydrogen-bond donors (Lipinski definition) is 2. The molecule has 0 fully saturated rings. The van der Waals surface area contributed by atoms with Gasteiger partial charge in [0, 0.05) is 5.56 Å². The molecule has 0 heterocycles. The summed E-state index contributed by atoms with van der Waals surface area (Å²) < 4.78 is 0. The fraction of sp³-hybridized carbons (Fsp3) is 0.100. The van der Waals surface area contributed by atoms with Crippen molar-refractivity contribution in [3.05, 3.63) is 77.4 Å². The summed E-state index contributed by atoms with van der Waals surface area (Å²) in [4.78, 5) is 12.1. The van der Waals surface area contributed by atoms with E-state index in [-0.39, 0.29) is 18.1 Å². The normalized spacial score (nSPS) is 11.0. The molecule has 2 N–H and O–H groups in total. The first-order valence-electron chi connectivity index (χ1n) is 7.71. The lowest BCUT2D eigenvalue weighted by molar-refractivity contribution is -0.120. The number of benzene rings is 3. The lowest BCUT2D eigenvalue weighted by atomic mass is 10.0. The van der Waals surface area contributed by atoms with Crippen LogP contribution in [0.15, 0.2) is 65.8 Å². The number of aryl methyl sites for hydroxylation is 1. The van der Waals surface area contributed by atoms with Gasteiger partial charge in [-0.05, 0) is 35.4 Å². The third kappa shape index (κ3) is 3.60. The predicted molar refractivity (Wildman–Crippen MR) is 96.2 cm³/mol. The second-order valence-corrected chi connectivity index (χ2v) is 5.67. The molecule has 0 unspecified atom stereocenters. The average molecular weight is 318 g/mol. The van der Waals surface area contributed by atoms with Gasteiger partial charge < -0.3 is 5.11 Å². The van der Waals surface area contributed by atoms with E-state index in [2.05, 4.69) is 10.5 Å². The van der Waals surface area contributed by atoms with Gasteiger partial charge in [0.2, 0.25) is 5.91 Å². The van der Waals surface area contributed by atoms with E-state index in [4.69, 9.17) is 0 Å². The predicted octanol–water partition coefficient (Wildman–Crippen LogP) is 3.55. The molecule has 0 aliphatic carbocycles. The summed E-state index contributed by atoms with van der Waals surface area (Å²) in [6.07, 6.45) is 1.70. The molecular weight excluding hydrogens is 300 g/mol. The molecule has 0 bridgehead atoms. The zero-order valence-corrected chi connectivity index (χ0v) is 13.4. The molecule has 0 aromatic heterocycles. The molecule has 0 radical (unpaired) electrons. The number of rotatable bonds is 4. The number of amides is 1. The molecule has 3 rings (SSSR count). The molecule has 0 atom stereocenters. The van der Waals surface area contributed by atoms with Crippen molar-refractivity contribution in [3.8, 4) is 5.75 Å². The fourth-order valence-electron chi connectivity index (χ4n) is 2.61. The lowest BCUT2D eigenvalue weighted by Crippen LogP contribution is -2.19. The summed E-state index contributed by atoms with van der Waals surface area (Å²) in [5, 5.41) is 15.9. The summed E-state index contributed by atoms with van der Waals surface area (Å²) in [6, 6.07) is 19.1. The Kier molecular flexibility index (Phi) is 4.57. The summed E-state index contributed by atoms with van der Waals surface area (Å²) in [5.74, 6) is -0.0672. The average Bonchev–Trinajstić information content (AvgIpc) is 2.58. The highest BCUT2D eigenvalue weighted by molar-refractivity contribution is 5.91. The van der Waals surface area contributed by atoms with Gasteiger partial charge in [-0.25, -0.2) is 5.43 Å². The molecule has 0 saturated heterocycles. The van der Waals surface area contributed by atoms with Gasteiger partial charge in [-0.1, -0.05) is 54.1 Å². The number of nitrogens with zero attached hydrogens (tertiary/aromatic N) is 1. The zero-order chi connectivity index (χ0) is 16.9. The Labute approximate surface area is 140 Å². The van der Waals surface area contributed by atoms with Crippen LogP contribution in [0, 0.1) is 6.92 Å². The topological polar surface area (TPSA) is 61.7 Å². The van der Waals surface area contributed by atoms with Gasteiger partial charge in [0.15, 0.2) is 0 Å². The van der Waals surface area contributed by atoms with Crippen LogP contribution >= 0.6 is 0 Å². The molecule has 3 aromatic rings. The molecule has 120 valence electrons. The summed E-state index contributed by atoms with van der Waals surface area (Å²) in [7, 11) is 0. The van der Waals surface area contributed by atoms with Crippen LogP contribution in [0.2, 0.25) is 0 Å². The summed E-state index contributed by atoms with van der Waals surface area (Å²) >= 11 is 0. The molecule has 0 aliphatic heterocycles. The van der Waals surface area contributed by atoms with Gasteiger partial charge in [0.1, 0.15) is 5.75 Å². The SMILES string of the molecule is Cc1ccc(O)c(/C=N/NC(=O)Cc2cccc3ccccc23)c1. The maximum atomic E-state index is 12.1. The molecular formula is C20H18N2O2. The Hall–Kier alpha value is -3.14. The van der Waals surface area contributed by atoms with Gasteiger partial charge in [-0.2, -0.15) is 5.10 Å². The highest BCUT2D eigenvalue weighted by atomic mass is 16.3. The van der Waals surface area contributed by atoms with E-state index >= 15 is 0 Å². The third-order valence-corrected chi connectivity index (χ3v) is 3.81. The first-order valence-corrected chi connectivity index (χ1v) is 7.71. The largest absolute Gasteiger partial charge is 0.507 e. The van der Waals surface area contributed by atoms with Crippen LogP contribution < -0.4 is 5.43 Å². The fourth-order valence-corrected chi connectivity index (χ4v) is 2.61. The van der Waals surface area contributed by atoms with Gasteiger partial charge in [0.05, 0.1) is 12.6 Å². The lowest BCUT2D eigenvalue weighted by Gasteiger charge is -2.05. The Bertz CT molecular complexity index is 911. The maximum Gasteiger partial charge on any atom is 0.244 e. The van der Waals surface area contributed by atoms with E-state index < -0.39 is 0 Å². The van der Waals surface area contributed by atoms with Crippen LogP contribution in [0.3, 0.4) is 0 Å². The minimum Gasteiger partial charge on any atom is -0.507 e. The summed E-state index contributed by atoms with van der Waals surface area (Å²) in [5.41, 5.74) is 5.05. The van der Waals surface area contributed by atoms with Gasteiger partial charge in [-0.3, -0.25) is 4.79 Å². The van der Waals surface area contributed by atoms with E-state index in [1.807, 2.05) is 55.5 Å². The third-order valence-electron chi connectivity index (χ3n) is 3.81. The summed E-state index contributed by atoms with van der Waals surface area (Å²) in [6.45, 7) is 1.93. The monoisotopic (exact) mass is 318 g/mol. The molecule has 4 nitrogen and oxygen atoms in total. The first kappa shape index (κ1) is 15.7. The van der Waals surface area contributed by atoms with Crippen LogP contribution in [-0.4, -0.2) is 17.2 Å². The van der Waals surface area contributed by atoms with Crippen molar-refractivity contribution in [2.24, 2.45) is 5.10 Å². The van der Waals surface area contributed by atoms with Crippen LogP contribution in [0.5, 0.6) is 5.75 Å². The van der Waals surface area contributed by atoms with Crippen molar-refractivity contribution in [3.63, 3.8) is 0 Å².